The molecule has 1 amide bonds. The number of likely N-dealkylation sites (tertiary alicyclic amines) is 1. The zero-order chi connectivity index (χ0) is 17.6. The second-order valence-electron chi connectivity index (χ2n) is 6.68. The van der Waals surface area contributed by atoms with Gasteiger partial charge in [-0.1, -0.05) is 30.3 Å². The number of ether oxygens (including phenoxy) is 2. The minimum absolute atomic E-state index is 0.119. The van der Waals surface area contributed by atoms with Crippen LogP contribution in [0.1, 0.15) is 31.2 Å². The quantitative estimate of drug-likeness (QED) is 0.853. The van der Waals surface area contributed by atoms with Gasteiger partial charge < -0.3 is 14.8 Å². The molecule has 2 fully saturated rings. The van der Waals surface area contributed by atoms with Crippen molar-refractivity contribution in [2.24, 2.45) is 0 Å². The Balaban J connectivity index is 1.31. The van der Waals surface area contributed by atoms with E-state index in [2.05, 4.69) is 15.0 Å². The van der Waals surface area contributed by atoms with Crippen molar-refractivity contribution in [1.29, 1.82) is 0 Å². The van der Waals surface area contributed by atoms with E-state index in [1.807, 2.05) is 30.3 Å². The number of nitrogens with one attached hydrogen (secondary N) is 1. The molecule has 0 unspecified atom stereocenters. The van der Waals surface area contributed by atoms with E-state index < -0.39 is 6.61 Å². The predicted octanol–water partition coefficient (Wildman–Crippen LogP) is 3.15. The molecule has 2 aliphatic rings. The molecule has 0 bridgehead atoms. The number of hydrogen-bond donors (Lipinski definition) is 1. The Bertz CT molecular complexity index is 545. The van der Waals surface area contributed by atoms with Crippen LogP contribution in [-0.2, 0) is 16.1 Å². The molecule has 3 rings (SSSR count). The van der Waals surface area contributed by atoms with Gasteiger partial charge in [0, 0.05) is 25.2 Å². The largest absolute Gasteiger partial charge is 0.445 e. The molecule has 1 saturated heterocycles. The van der Waals surface area contributed by atoms with Crippen molar-refractivity contribution in [1.82, 2.24) is 10.2 Å². The van der Waals surface area contributed by atoms with E-state index in [9.17, 15) is 13.6 Å². The van der Waals surface area contributed by atoms with Gasteiger partial charge in [-0.15, -0.1) is 0 Å². The van der Waals surface area contributed by atoms with E-state index in [-0.39, 0.29) is 24.8 Å². The van der Waals surface area contributed by atoms with Crippen LogP contribution in [0.3, 0.4) is 0 Å². The average Bonchev–Trinajstić information content (AvgIpc) is 2.58. The van der Waals surface area contributed by atoms with Gasteiger partial charge in [0.25, 0.3) is 0 Å². The van der Waals surface area contributed by atoms with Gasteiger partial charge in [0.2, 0.25) is 0 Å². The van der Waals surface area contributed by atoms with Crippen molar-refractivity contribution >= 4 is 6.09 Å². The number of nitrogens with zero attached hydrogens (tertiary/aromatic N) is 1. The van der Waals surface area contributed by atoms with Crippen LogP contribution in [0, 0.1) is 0 Å². The highest BCUT2D eigenvalue weighted by molar-refractivity contribution is 5.67. The summed E-state index contributed by atoms with van der Waals surface area (Å²) in [6.07, 6.45) is 2.92. The molecular formula is C18H24F2N2O3. The monoisotopic (exact) mass is 354 g/mol. The molecule has 1 aliphatic carbocycles. The molecule has 1 aliphatic heterocycles. The number of halogens is 2. The molecule has 7 heteroatoms. The fourth-order valence-electron chi connectivity index (χ4n) is 3.52. The molecule has 1 saturated carbocycles. The summed E-state index contributed by atoms with van der Waals surface area (Å²) in [5.41, 5.74) is 0.958. The number of alkyl carbamates (subject to hydrolysis) is 1. The Morgan fingerprint density at radius 2 is 1.84 bits per heavy atom. The van der Waals surface area contributed by atoms with Crippen LogP contribution >= 0.6 is 0 Å². The van der Waals surface area contributed by atoms with Crippen molar-refractivity contribution < 1.29 is 23.0 Å². The molecule has 0 atom stereocenters. The first kappa shape index (κ1) is 18.1. The van der Waals surface area contributed by atoms with Gasteiger partial charge in [-0.2, -0.15) is 8.78 Å². The molecule has 1 heterocycles. The number of rotatable bonds is 6. The van der Waals surface area contributed by atoms with Crippen molar-refractivity contribution in [3.8, 4) is 0 Å². The van der Waals surface area contributed by atoms with E-state index in [1.54, 1.807) is 0 Å². The minimum Gasteiger partial charge on any atom is -0.445 e. The normalized spacial score (nSPS) is 24.8. The smallest absolute Gasteiger partial charge is 0.407 e. The molecule has 0 radical (unpaired) electrons. The fourth-order valence-corrected chi connectivity index (χ4v) is 3.52. The van der Waals surface area contributed by atoms with Gasteiger partial charge in [0.05, 0.1) is 6.10 Å². The first-order valence-corrected chi connectivity index (χ1v) is 8.75. The Morgan fingerprint density at radius 3 is 2.48 bits per heavy atom. The third-order valence-corrected chi connectivity index (χ3v) is 4.92. The number of alkyl halides is 2. The standard InChI is InChI=1S/C18H24F2N2O3/c19-17(20)25-16-10-22(11-16)15-8-6-14(7-9-15)21-18(23)24-12-13-4-2-1-3-5-13/h1-5,14-17H,6-12H2,(H,21,23). The zero-order valence-corrected chi connectivity index (χ0v) is 14.1. The van der Waals surface area contributed by atoms with Gasteiger partial charge in [0.15, 0.2) is 0 Å². The Kier molecular flexibility index (Phi) is 6.20. The van der Waals surface area contributed by atoms with E-state index in [1.165, 1.54) is 0 Å². The van der Waals surface area contributed by atoms with Gasteiger partial charge in [-0.25, -0.2) is 4.79 Å². The summed E-state index contributed by atoms with van der Waals surface area (Å²) in [6.45, 7) is -1.27. The number of amides is 1. The van der Waals surface area contributed by atoms with Crippen molar-refractivity contribution in [3.05, 3.63) is 35.9 Å². The summed E-state index contributed by atoms with van der Waals surface area (Å²) in [7, 11) is 0. The van der Waals surface area contributed by atoms with Gasteiger partial charge in [-0.3, -0.25) is 4.90 Å². The maximum absolute atomic E-state index is 12.1. The van der Waals surface area contributed by atoms with Crippen molar-refractivity contribution in [2.45, 2.75) is 57.1 Å². The first-order chi connectivity index (χ1) is 12.1. The number of hydrogen-bond acceptors (Lipinski definition) is 4. The van der Waals surface area contributed by atoms with Crippen molar-refractivity contribution in [2.75, 3.05) is 13.1 Å². The second kappa shape index (κ2) is 8.58. The van der Waals surface area contributed by atoms with Crippen LogP contribution < -0.4 is 5.32 Å². The van der Waals surface area contributed by atoms with Gasteiger partial charge in [0.1, 0.15) is 6.61 Å². The SMILES string of the molecule is O=C(NC1CCC(N2CC(OC(F)F)C2)CC1)OCc1ccccc1. The highest BCUT2D eigenvalue weighted by Crippen LogP contribution is 2.28. The highest BCUT2D eigenvalue weighted by Gasteiger charge is 2.36. The van der Waals surface area contributed by atoms with Crippen LogP contribution in [0.25, 0.3) is 0 Å². The zero-order valence-electron chi connectivity index (χ0n) is 14.1. The highest BCUT2D eigenvalue weighted by atomic mass is 19.3. The summed E-state index contributed by atoms with van der Waals surface area (Å²) in [5, 5.41) is 2.92. The first-order valence-electron chi connectivity index (χ1n) is 8.75. The Morgan fingerprint density at radius 1 is 1.16 bits per heavy atom. The molecule has 1 aromatic carbocycles. The molecule has 25 heavy (non-hydrogen) atoms. The van der Waals surface area contributed by atoms with E-state index in [0.29, 0.717) is 19.1 Å². The molecule has 0 spiro atoms. The van der Waals surface area contributed by atoms with Crippen LogP contribution in [-0.4, -0.2) is 48.9 Å². The maximum Gasteiger partial charge on any atom is 0.407 e. The Hall–Kier alpha value is -1.73. The molecule has 5 nitrogen and oxygen atoms in total. The lowest BCUT2D eigenvalue weighted by Crippen LogP contribution is -2.58. The minimum atomic E-state index is -2.69. The summed E-state index contributed by atoms with van der Waals surface area (Å²) in [4.78, 5) is 14.1. The summed E-state index contributed by atoms with van der Waals surface area (Å²) in [6, 6.07) is 10.1. The third kappa shape index (κ3) is 5.37. The molecular weight excluding hydrogens is 330 g/mol. The van der Waals surface area contributed by atoms with Crippen molar-refractivity contribution in [3.63, 3.8) is 0 Å². The topological polar surface area (TPSA) is 50.8 Å². The molecule has 0 aromatic heterocycles. The summed E-state index contributed by atoms with van der Waals surface area (Å²) >= 11 is 0. The van der Waals surface area contributed by atoms with Gasteiger partial charge in [-0.05, 0) is 31.2 Å². The average molecular weight is 354 g/mol. The van der Waals surface area contributed by atoms with Gasteiger partial charge >= 0.3 is 12.7 Å². The lowest BCUT2D eigenvalue weighted by atomic mass is 9.88. The summed E-state index contributed by atoms with van der Waals surface area (Å²) in [5.74, 6) is 0. The van der Waals surface area contributed by atoms with Crippen LogP contribution in [0.4, 0.5) is 13.6 Å². The molecule has 1 N–H and O–H groups in total. The maximum atomic E-state index is 12.1. The van der Waals surface area contributed by atoms with E-state index in [0.717, 1.165) is 31.2 Å². The number of benzene rings is 1. The lowest BCUT2D eigenvalue weighted by molar-refractivity contribution is -0.201. The number of carbonyl (C=O) groups excluding carboxylic acids is 1. The predicted molar refractivity (Wildman–Crippen MR) is 88.3 cm³/mol. The van der Waals surface area contributed by atoms with Crippen LogP contribution in [0.5, 0.6) is 0 Å². The molecule has 138 valence electrons. The van der Waals surface area contributed by atoms with E-state index in [4.69, 9.17) is 4.74 Å². The third-order valence-electron chi connectivity index (χ3n) is 4.92. The molecule has 1 aromatic rings. The lowest BCUT2D eigenvalue weighted by Gasteiger charge is -2.46. The Labute approximate surface area is 146 Å². The van der Waals surface area contributed by atoms with Crippen LogP contribution in [0.2, 0.25) is 0 Å². The second-order valence-corrected chi connectivity index (χ2v) is 6.68. The number of carbonyl (C=O) groups is 1. The van der Waals surface area contributed by atoms with E-state index >= 15 is 0 Å². The summed E-state index contributed by atoms with van der Waals surface area (Å²) < 4.78 is 34.0. The van der Waals surface area contributed by atoms with Crippen LogP contribution in [0.15, 0.2) is 30.3 Å². The fraction of sp³-hybridized carbons (Fsp3) is 0.611.